The van der Waals surface area contributed by atoms with Gasteiger partial charge in [-0.15, -0.1) is 0 Å². The average Bonchev–Trinajstić information content (AvgIpc) is 2.65. The molecule has 26 heavy (non-hydrogen) atoms. The summed E-state index contributed by atoms with van der Waals surface area (Å²) in [6.45, 7) is 0. The maximum atomic E-state index is 10.6. The summed E-state index contributed by atoms with van der Waals surface area (Å²) in [5.41, 5.74) is 15.7. The van der Waals surface area contributed by atoms with E-state index in [9.17, 15) is 5.11 Å². The lowest BCUT2D eigenvalue weighted by Gasteiger charge is -2.13. The number of aliphatic hydroxyl groups is 1. The standard InChI is InChI=1S/C22H23N3O/c23-21-13-18(14-22(24)25-21)20(17-9-5-2-6-10-17)15-19(26)12-11-16-7-3-1-4-8-16/h1-10,13-15,19,26H,11-12H2,(H4,23,24,25)/b20-15-. The van der Waals surface area contributed by atoms with Crippen molar-refractivity contribution in [2.24, 2.45) is 0 Å². The number of aliphatic hydroxyl groups excluding tert-OH is 1. The fraction of sp³-hybridized carbons (Fsp3) is 0.136. The fourth-order valence-electron chi connectivity index (χ4n) is 2.94. The second-order valence-electron chi connectivity index (χ2n) is 6.24. The van der Waals surface area contributed by atoms with Gasteiger partial charge < -0.3 is 16.6 Å². The van der Waals surface area contributed by atoms with Gasteiger partial charge in [-0.2, -0.15) is 0 Å². The van der Waals surface area contributed by atoms with Gasteiger partial charge in [0, 0.05) is 0 Å². The van der Waals surface area contributed by atoms with Crippen LogP contribution in [0.5, 0.6) is 0 Å². The van der Waals surface area contributed by atoms with Crippen molar-refractivity contribution in [1.82, 2.24) is 4.98 Å². The van der Waals surface area contributed by atoms with Crippen LogP contribution in [0.4, 0.5) is 11.6 Å². The molecule has 0 saturated heterocycles. The van der Waals surface area contributed by atoms with Gasteiger partial charge in [0.1, 0.15) is 11.6 Å². The minimum Gasteiger partial charge on any atom is -0.389 e. The quantitative estimate of drug-likeness (QED) is 0.636. The van der Waals surface area contributed by atoms with Gasteiger partial charge in [0.25, 0.3) is 0 Å². The first kappa shape index (κ1) is 17.7. The maximum Gasteiger partial charge on any atom is 0.126 e. The molecule has 0 fully saturated rings. The summed E-state index contributed by atoms with van der Waals surface area (Å²) in [5.74, 6) is 0.723. The molecule has 0 aliphatic heterocycles. The van der Waals surface area contributed by atoms with Gasteiger partial charge in [-0.25, -0.2) is 4.98 Å². The molecule has 0 aliphatic rings. The van der Waals surface area contributed by atoms with Crippen LogP contribution in [0.25, 0.3) is 5.57 Å². The van der Waals surface area contributed by atoms with E-state index in [-0.39, 0.29) is 0 Å². The Morgan fingerprint density at radius 2 is 1.46 bits per heavy atom. The molecule has 0 radical (unpaired) electrons. The number of anilines is 2. The second-order valence-corrected chi connectivity index (χ2v) is 6.24. The molecule has 2 aromatic carbocycles. The van der Waals surface area contributed by atoms with Crippen LogP contribution in [0.2, 0.25) is 0 Å². The van der Waals surface area contributed by atoms with Gasteiger partial charge in [-0.05, 0) is 53.3 Å². The second kappa shape index (κ2) is 8.32. The zero-order valence-electron chi connectivity index (χ0n) is 14.5. The zero-order valence-corrected chi connectivity index (χ0v) is 14.5. The molecule has 1 atom stereocenters. The first-order chi connectivity index (χ1) is 12.6. The van der Waals surface area contributed by atoms with E-state index in [0.29, 0.717) is 18.1 Å². The van der Waals surface area contributed by atoms with Crippen molar-refractivity contribution in [2.75, 3.05) is 11.5 Å². The molecule has 1 aromatic heterocycles. The highest BCUT2D eigenvalue weighted by Gasteiger charge is 2.11. The molecule has 1 heterocycles. The molecule has 0 aliphatic carbocycles. The maximum absolute atomic E-state index is 10.6. The van der Waals surface area contributed by atoms with E-state index in [4.69, 9.17) is 11.5 Å². The van der Waals surface area contributed by atoms with Crippen molar-refractivity contribution < 1.29 is 5.11 Å². The van der Waals surface area contributed by atoms with Crippen LogP contribution in [0.15, 0.2) is 78.9 Å². The third-order valence-corrected chi connectivity index (χ3v) is 4.19. The Morgan fingerprint density at radius 3 is 2.08 bits per heavy atom. The number of hydrogen-bond donors (Lipinski definition) is 3. The molecular formula is C22H23N3O. The third-order valence-electron chi connectivity index (χ3n) is 4.19. The molecule has 132 valence electrons. The highest BCUT2D eigenvalue weighted by Crippen LogP contribution is 2.27. The minimum absolute atomic E-state index is 0.362. The number of rotatable bonds is 6. The Balaban J connectivity index is 1.88. The summed E-state index contributed by atoms with van der Waals surface area (Å²) in [4.78, 5) is 4.03. The van der Waals surface area contributed by atoms with Gasteiger partial charge in [-0.3, -0.25) is 0 Å². The summed E-state index contributed by atoms with van der Waals surface area (Å²) in [6, 6.07) is 23.6. The predicted octanol–water partition coefficient (Wildman–Crippen LogP) is 3.67. The van der Waals surface area contributed by atoms with E-state index in [1.807, 2.05) is 54.6 Å². The molecular weight excluding hydrogens is 322 g/mol. The number of pyridine rings is 1. The number of hydrogen-bond acceptors (Lipinski definition) is 4. The number of nitrogens with zero attached hydrogens (tertiary/aromatic N) is 1. The van der Waals surface area contributed by atoms with Crippen LogP contribution in [-0.4, -0.2) is 16.2 Å². The van der Waals surface area contributed by atoms with E-state index in [0.717, 1.165) is 23.1 Å². The van der Waals surface area contributed by atoms with E-state index in [1.165, 1.54) is 5.56 Å². The Labute approximate surface area is 153 Å². The normalized spacial score (nSPS) is 12.7. The zero-order chi connectivity index (χ0) is 18.4. The molecule has 1 unspecified atom stereocenters. The first-order valence-electron chi connectivity index (χ1n) is 8.64. The van der Waals surface area contributed by atoms with Crippen LogP contribution in [0.1, 0.15) is 23.1 Å². The SMILES string of the molecule is Nc1cc(/C(=C\C(O)CCc2ccccc2)c2ccccc2)cc(N)n1. The van der Waals surface area contributed by atoms with Gasteiger partial charge in [0.15, 0.2) is 0 Å². The van der Waals surface area contributed by atoms with Crippen molar-refractivity contribution >= 4 is 17.2 Å². The van der Waals surface area contributed by atoms with Crippen molar-refractivity contribution in [3.05, 3.63) is 95.6 Å². The summed E-state index contributed by atoms with van der Waals surface area (Å²) in [5, 5.41) is 10.6. The molecule has 3 aromatic rings. The molecule has 0 amide bonds. The van der Waals surface area contributed by atoms with Crippen LogP contribution in [0.3, 0.4) is 0 Å². The highest BCUT2D eigenvalue weighted by molar-refractivity contribution is 5.81. The molecule has 0 spiro atoms. The summed E-state index contributed by atoms with van der Waals surface area (Å²) >= 11 is 0. The number of nitrogens with two attached hydrogens (primary N) is 2. The van der Waals surface area contributed by atoms with Crippen LogP contribution < -0.4 is 11.5 Å². The van der Waals surface area contributed by atoms with Crippen molar-refractivity contribution in [3.8, 4) is 0 Å². The number of benzene rings is 2. The van der Waals surface area contributed by atoms with Gasteiger partial charge in [-0.1, -0.05) is 60.7 Å². The first-order valence-corrected chi connectivity index (χ1v) is 8.64. The van der Waals surface area contributed by atoms with Crippen molar-refractivity contribution in [3.63, 3.8) is 0 Å². The molecule has 5 N–H and O–H groups in total. The Kier molecular flexibility index (Phi) is 5.66. The van der Waals surface area contributed by atoms with E-state index in [1.54, 1.807) is 12.1 Å². The molecule has 4 heteroatoms. The lowest BCUT2D eigenvalue weighted by atomic mass is 9.95. The van der Waals surface area contributed by atoms with Crippen molar-refractivity contribution in [2.45, 2.75) is 18.9 Å². The number of aromatic nitrogens is 1. The van der Waals surface area contributed by atoms with Crippen LogP contribution in [0, 0.1) is 0 Å². The Bertz CT molecular complexity index is 856. The molecule has 0 saturated carbocycles. The van der Waals surface area contributed by atoms with Crippen LogP contribution >= 0.6 is 0 Å². The summed E-state index contributed by atoms with van der Waals surface area (Å²) in [7, 11) is 0. The molecule has 4 nitrogen and oxygen atoms in total. The van der Waals surface area contributed by atoms with Gasteiger partial charge in [0.2, 0.25) is 0 Å². The third kappa shape index (κ3) is 4.71. The lowest BCUT2D eigenvalue weighted by Crippen LogP contribution is -2.07. The fourth-order valence-corrected chi connectivity index (χ4v) is 2.94. The highest BCUT2D eigenvalue weighted by atomic mass is 16.3. The monoisotopic (exact) mass is 345 g/mol. The topological polar surface area (TPSA) is 85.2 Å². The Morgan fingerprint density at radius 1 is 0.885 bits per heavy atom. The number of aryl methyl sites for hydroxylation is 1. The molecule has 3 rings (SSSR count). The minimum atomic E-state index is -0.582. The van der Waals surface area contributed by atoms with E-state index >= 15 is 0 Å². The predicted molar refractivity (Wildman–Crippen MR) is 107 cm³/mol. The van der Waals surface area contributed by atoms with Crippen LogP contribution in [-0.2, 0) is 6.42 Å². The average molecular weight is 345 g/mol. The van der Waals surface area contributed by atoms with Gasteiger partial charge in [0.05, 0.1) is 6.10 Å². The van der Waals surface area contributed by atoms with Gasteiger partial charge >= 0.3 is 0 Å². The summed E-state index contributed by atoms with van der Waals surface area (Å²) in [6.07, 6.45) is 2.73. The Hall–Kier alpha value is -3.11. The van der Waals surface area contributed by atoms with E-state index < -0.39 is 6.10 Å². The smallest absolute Gasteiger partial charge is 0.126 e. The van der Waals surface area contributed by atoms with E-state index in [2.05, 4.69) is 17.1 Å². The molecule has 0 bridgehead atoms. The number of nitrogen functional groups attached to an aromatic ring is 2. The van der Waals surface area contributed by atoms with Crippen molar-refractivity contribution in [1.29, 1.82) is 0 Å². The lowest BCUT2D eigenvalue weighted by molar-refractivity contribution is 0.213. The summed E-state index contributed by atoms with van der Waals surface area (Å²) < 4.78 is 0. The largest absolute Gasteiger partial charge is 0.389 e.